The fraction of sp³-hybridized carbons (Fsp3) is 0.211. The highest BCUT2D eigenvalue weighted by molar-refractivity contribution is 5.99. The van der Waals surface area contributed by atoms with Crippen LogP contribution in [-0.2, 0) is 9.53 Å². The second-order valence-electron chi connectivity index (χ2n) is 6.12. The maximum Gasteiger partial charge on any atom is 0.339 e. The van der Waals surface area contributed by atoms with E-state index in [2.05, 4.69) is 10.6 Å². The van der Waals surface area contributed by atoms with Crippen molar-refractivity contribution in [2.45, 2.75) is 6.10 Å². The molecule has 0 saturated carbocycles. The Hall–Kier alpha value is -3.95. The van der Waals surface area contributed by atoms with Crippen LogP contribution in [0.4, 0.5) is 16.2 Å². The van der Waals surface area contributed by atoms with Gasteiger partial charge in [-0.3, -0.25) is 20.2 Å². The Bertz CT molecular complexity index is 930. The first-order valence-corrected chi connectivity index (χ1v) is 8.49. The van der Waals surface area contributed by atoms with Crippen molar-refractivity contribution in [1.82, 2.24) is 10.6 Å². The number of nitrogens with one attached hydrogen (secondary N) is 2. The highest BCUT2D eigenvalue weighted by atomic mass is 16.6. The number of urea groups is 1. The molecule has 0 aliphatic rings. The Morgan fingerprint density at radius 2 is 1.76 bits per heavy atom. The molecule has 0 aliphatic heterocycles. The minimum atomic E-state index is -1.42. The summed E-state index contributed by atoms with van der Waals surface area (Å²) in [5, 5.41) is 15.6. The third-order valence-electron chi connectivity index (χ3n) is 3.92. The number of carbonyl (C=O) groups is 3. The molecule has 1 atom stereocenters. The molecule has 0 bridgehead atoms. The largest absolute Gasteiger partial charge is 0.444 e. The SMILES string of the molecule is CNC(=O)NC(=O)[C@H](OC(=O)c1ccc(N(C)C)c([N+](=O)[O-])c1)c1ccccc1. The molecule has 0 radical (unpaired) electrons. The van der Waals surface area contributed by atoms with Crippen molar-refractivity contribution in [2.24, 2.45) is 0 Å². The van der Waals surface area contributed by atoms with E-state index < -0.39 is 28.9 Å². The second-order valence-corrected chi connectivity index (χ2v) is 6.12. The van der Waals surface area contributed by atoms with Crippen LogP contribution in [0.2, 0.25) is 0 Å². The van der Waals surface area contributed by atoms with Gasteiger partial charge < -0.3 is 15.0 Å². The van der Waals surface area contributed by atoms with Crippen molar-refractivity contribution >= 4 is 29.3 Å². The third kappa shape index (κ3) is 5.28. The van der Waals surface area contributed by atoms with E-state index in [-0.39, 0.29) is 11.3 Å². The Labute approximate surface area is 166 Å². The van der Waals surface area contributed by atoms with Crippen molar-refractivity contribution < 1.29 is 24.0 Å². The molecule has 0 aliphatic carbocycles. The summed E-state index contributed by atoms with van der Waals surface area (Å²) in [6, 6.07) is 11.2. The quantitative estimate of drug-likeness (QED) is 0.431. The van der Waals surface area contributed by atoms with Gasteiger partial charge in [0.15, 0.2) is 0 Å². The fourth-order valence-electron chi connectivity index (χ4n) is 2.49. The number of hydrogen-bond donors (Lipinski definition) is 2. The lowest BCUT2D eigenvalue weighted by Gasteiger charge is -2.18. The number of carbonyl (C=O) groups excluding carboxylic acids is 3. The number of nitro groups is 1. The van der Waals surface area contributed by atoms with E-state index in [1.54, 1.807) is 44.4 Å². The molecule has 152 valence electrons. The van der Waals surface area contributed by atoms with Crippen LogP contribution in [0.3, 0.4) is 0 Å². The summed E-state index contributed by atoms with van der Waals surface area (Å²) < 4.78 is 5.30. The summed E-state index contributed by atoms with van der Waals surface area (Å²) in [6.45, 7) is 0. The molecule has 3 amide bonds. The standard InChI is InChI=1S/C19H20N4O6/c1-20-19(26)21-17(24)16(12-7-5-4-6-8-12)29-18(25)13-9-10-14(22(2)3)15(11-13)23(27)28/h4-11,16H,1-3H3,(H2,20,21,24,26)/t16-/m1/s1. The number of nitrogens with zero attached hydrogens (tertiary/aromatic N) is 2. The summed E-state index contributed by atoms with van der Waals surface area (Å²) in [5.41, 5.74) is 0.261. The number of amides is 3. The smallest absolute Gasteiger partial charge is 0.339 e. The van der Waals surface area contributed by atoms with Gasteiger partial charge in [0.1, 0.15) is 5.69 Å². The van der Waals surface area contributed by atoms with E-state index in [0.29, 0.717) is 11.3 Å². The molecular formula is C19H20N4O6. The van der Waals surface area contributed by atoms with Gasteiger partial charge in [0.2, 0.25) is 6.10 Å². The number of ether oxygens (including phenoxy) is 1. The van der Waals surface area contributed by atoms with E-state index in [9.17, 15) is 24.5 Å². The predicted octanol–water partition coefficient (Wildman–Crippen LogP) is 2.01. The summed E-state index contributed by atoms with van der Waals surface area (Å²) in [7, 11) is 4.60. The van der Waals surface area contributed by atoms with Gasteiger partial charge in [0.05, 0.1) is 10.5 Å². The highest BCUT2D eigenvalue weighted by Gasteiger charge is 2.28. The Kier molecular flexibility index (Phi) is 6.85. The monoisotopic (exact) mass is 400 g/mol. The normalized spacial score (nSPS) is 11.1. The number of rotatable bonds is 6. The molecule has 0 aromatic heterocycles. The van der Waals surface area contributed by atoms with E-state index in [4.69, 9.17) is 4.74 Å². The van der Waals surface area contributed by atoms with Gasteiger partial charge in [0, 0.05) is 32.8 Å². The van der Waals surface area contributed by atoms with Gasteiger partial charge in [0.25, 0.3) is 11.6 Å². The minimum Gasteiger partial charge on any atom is -0.444 e. The second kappa shape index (κ2) is 9.31. The zero-order valence-electron chi connectivity index (χ0n) is 16.0. The molecule has 0 spiro atoms. The van der Waals surface area contributed by atoms with Gasteiger partial charge >= 0.3 is 12.0 Å². The fourth-order valence-corrected chi connectivity index (χ4v) is 2.49. The maximum atomic E-state index is 12.6. The van der Waals surface area contributed by atoms with Crippen molar-refractivity contribution in [1.29, 1.82) is 0 Å². The zero-order valence-corrected chi connectivity index (χ0v) is 16.0. The van der Waals surface area contributed by atoms with Gasteiger partial charge in [-0.2, -0.15) is 0 Å². The van der Waals surface area contributed by atoms with Crippen molar-refractivity contribution in [3.05, 3.63) is 69.8 Å². The predicted molar refractivity (Wildman–Crippen MR) is 105 cm³/mol. The lowest BCUT2D eigenvalue weighted by atomic mass is 10.1. The molecule has 2 aromatic rings. The Morgan fingerprint density at radius 1 is 1.10 bits per heavy atom. The summed E-state index contributed by atoms with van der Waals surface area (Å²) in [5.74, 6) is -1.80. The Balaban J connectivity index is 2.34. The molecule has 0 saturated heterocycles. The molecule has 2 rings (SSSR count). The van der Waals surface area contributed by atoms with Gasteiger partial charge in [-0.1, -0.05) is 30.3 Å². The number of anilines is 1. The van der Waals surface area contributed by atoms with Crippen LogP contribution in [0, 0.1) is 10.1 Å². The lowest BCUT2D eigenvalue weighted by molar-refractivity contribution is -0.384. The van der Waals surface area contributed by atoms with Crippen LogP contribution in [0.15, 0.2) is 48.5 Å². The minimum absolute atomic E-state index is 0.101. The molecule has 0 heterocycles. The van der Waals surface area contributed by atoms with Crippen LogP contribution < -0.4 is 15.5 Å². The topological polar surface area (TPSA) is 131 Å². The molecular weight excluding hydrogens is 380 g/mol. The van der Waals surface area contributed by atoms with Crippen LogP contribution in [0.1, 0.15) is 22.0 Å². The first-order valence-electron chi connectivity index (χ1n) is 8.49. The first-order chi connectivity index (χ1) is 13.7. The van der Waals surface area contributed by atoms with Crippen molar-refractivity contribution in [3.63, 3.8) is 0 Å². The molecule has 2 N–H and O–H groups in total. The molecule has 2 aromatic carbocycles. The van der Waals surface area contributed by atoms with E-state index >= 15 is 0 Å². The van der Waals surface area contributed by atoms with Crippen LogP contribution >= 0.6 is 0 Å². The average molecular weight is 400 g/mol. The third-order valence-corrected chi connectivity index (χ3v) is 3.92. The van der Waals surface area contributed by atoms with Gasteiger partial charge in [-0.05, 0) is 12.1 Å². The number of benzene rings is 2. The summed E-state index contributed by atoms with van der Waals surface area (Å²) in [4.78, 5) is 48.8. The molecule has 0 unspecified atom stereocenters. The first kappa shape index (κ1) is 21.4. The van der Waals surface area contributed by atoms with Gasteiger partial charge in [-0.25, -0.2) is 9.59 Å². The van der Waals surface area contributed by atoms with E-state index in [1.165, 1.54) is 24.1 Å². The molecule has 10 nitrogen and oxygen atoms in total. The van der Waals surface area contributed by atoms with Crippen LogP contribution in [-0.4, -0.2) is 44.0 Å². The van der Waals surface area contributed by atoms with Crippen LogP contribution in [0.5, 0.6) is 0 Å². The lowest BCUT2D eigenvalue weighted by Crippen LogP contribution is -2.41. The molecule has 29 heavy (non-hydrogen) atoms. The van der Waals surface area contributed by atoms with Crippen molar-refractivity contribution in [2.75, 3.05) is 26.0 Å². The maximum absolute atomic E-state index is 12.6. The summed E-state index contributed by atoms with van der Waals surface area (Å²) in [6.07, 6.45) is -1.42. The van der Waals surface area contributed by atoms with Crippen LogP contribution in [0.25, 0.3) is 0 Å². The van der Waals surface area contributed by atoms with E-state index in [0.717, 1.165) is 6.07 Å². The zero-order chi connectivity index (χ0) is 21.6. The molecule has 0 fully saturated rings. The summed E-state index contributed by atoms with van der Waals surface area (Å²) >= 11 is 0. The van der Waals surface area contributed by atoms with E-state index in [1.807, 2.05) is 0 Å². The number of hydrogen-bond acceptors (Lipinski definition) is 7. The number of esters is 1. The number of nitro benzene ring substituents is 1. The van der Waals surface area contributed by atoms with Crippen molar-refractivity contribution in [3.8, 4) is 0 Å². The average Bonchev–Trinajstić information content (AvgIpc) is 2.71. The number of imide groups is 1. The Morgan fingerprint density at radius 3 is 2.31 bits per heavy atom. The highest BCUT2D eigenvalue weighted by Crippen LogP contribution is 2.29. The van der Waals surface area contributed by atoms with Gasteiger partial charge in [-0.15, -0.1) is 0 Å². The molecule has 10 heteroatoms.